The highest BCUT2D eigenvalue weighted by Crippen LogP contribution is 2.68. The number of anilines is 1. The molecule has 2 fully saturated rings. The number of benzene rings is 1. The van der Waals surface area contributed by atoms with E-state index in [2.05, 4.69) is 41.8 Å². The van der Waals surface area contributed by atoms with Crippen LogP contribution < -0.4 is 9.64 Å². The molecule has 6 atom stereocenters. The van der Waals surface area contributed by atoms with Crippen molar-refractivity contribution in [2.45, 2.75) is 75.2 Å². The van der Waals surface area contributed by atoms with Crippen molar-refractivity contribution in [2.24, 2.45) is 10.5 Å². The van der Waals surface area contributed by atoms with Crippen molar-refractivity contribution in [3.8, 4) is 5.75 Å². The van der Waals surface area contributed by atoms with Crippen molar-refractivity contribution in [3.05, 3.63) is 45.9 Å². The Morgan fingerprint density at radius 2 is 2.06 bits per heavy atom. The van der Waals surface area contributed by atoms with Crippen LogP contribution in [0.4, 0.5) is 5.69 Å². The van der Waals surface area contributed by atoms with Crippen LogP contribution in [0.25, 0.3) is 10.4 Å². The van der Waals surface area contributed by atoms with Gasteiger partial charge in [0, 0.05) is 47.1 Å². The summed E-state index contributed by atoms with van der Waals surface area (Å²) >= 11 is 0. The third-order valence-corrected chi connectivity index (χ3v) is 9.23. The van der Waals surface area contributed by atoms with Crippen LogP contribution in [0.5, 0.6) is 5.75 Å². The molecule has 1 saturated heterocycles. The second-order valence-electron chi connectivity index (χ2n) is 11.6. The maximum atomic E-state index is 13.5. The van der Waals surface area contributed by atoms with Crippen molar-refractivity contribution in [1.82, 2.24) is 4.90 Å². The highest BCUT2D eigenvalue weighted by atomic mass is 16.5. The molecule has 2 N–H and O–H groups in total. The van der Waals surface area contributed by atoms with E-state index >= 15 is 0 Å². The van der Waals surface area contributed by atoms with Crippen molar-refractivity contribution in [3.63, 3.8) is 0 Å². The number of azide groups is 1. The minimum Gasteiger partial charge on any atom is -0.497 e. The van der Waals surface area contributed by atoms with E-state index in [4.69, 9.17) is 10.3 Å². The molecule has 188 valence electrons. The molecular formula is C26H35N5O4. The topological polar surface area (TPSA) is 122 Å². The number of aliphatic hydroxyl groups excluding tert-OH is 1. The van der Waals surface area contributed by atoms with Crippen LogP contribution in [-0.2, 0) is 15.6 Å². The summed E-state index contributed by atoms with van der Waals surface area (Å²) in [5.74, 6) is -0.342. The number of hydrogen-bond acceptors (Lipinski definition) is 6. The van der Waals surface area contributed by atoms with Gasteiger partial charge in [0.15, 0.2) is 5.60 Å². The van der Waals surface area contributed by atoms with Crippen molar-refractivity contribution < 1.29 is 19.7 Å². The number of carbonyl (C=O) groups excluding carboxylic acids is 1. The third kappa shape index (κ3) is 2.70. The maximum absolute atomic E-state index is 13.5. The SMILES string of the molecule is CC[C@]12C=CCN3CCC4(c5c(cc(OC)cc5C(C)(C)C)N(C)C4[C@@](O)(C(=O)N=[N+]=[N-])[C@@H]1O)C32. The fourth-order valence-electron chi connectivity index (χ4n) is 8.03. The Hall–Kier alpha value is -2.58. The maximum Gasteiger partial charge on any atom is 0.255 e. The first-order valence-electron chi connectivity index (χ1n) is 12.3. The number of rotatable bonds is 3. The lowest BCUT2D eigenvalue weighted by molar-refractivity contribution is -0.201. The van der Waals surface area contributed by atoms with E-state index in [1.165, 1.54) is 0 Å². The van der Waals surface area contributed by atoms with Crippen LogP contribution in [0.1, 0.15) is 51.7 Å². The monoisotopic (exact) mass is 481 g/mol. The van der Waals surface area contributed by atoms with Gasteiger partial charge in [0.1, 0.15) is 11.9 Å². The van der Waals surface area contributed by atoms with E-state index < -0.39 is 34.5 Å². The molecule has 3 aliphatic heterocycles. The van der Waals surface area contributed by atoms with Gasteiger partial charge in [-0.05, 0) is 52.6 Å². The van der Waals surface area contributed by atoms with Gasteiger partial charge in [0.2, 0.25) is 0 Å². The second-order valence-corrected chi connectivity index (χ2v) is 11.6. The number of hydrogen-bond donors (Lipinski definition) is 2. The molecule has 1 spiro atoms. The van der Waals surface area contributed by atoms with Crippen molar-refractivity contribution in [1.29, 1.82) is 0 Å². The zero-order valence-corrected chi connectivity index (χ0v) is 21.3. The lowest BCUT2D eigenvalue weighted by atomic mass is 9.47. The van der Waals surface area contributed by atoms with Gasteiger partial charge >= 0.3 is 0 Å². The summed E-state index contributed by atoms with van der Waals surface area (Å²) < 4.78 is 5.67. The van der Waals surface area contributed by atoms with Crippen molar-refractivity contribution in [2.75, 3.05) is 32.1 Å². The highest BCUT2D eigenvalue weighted by Gasteiger charge is 2.78. The van der Waals surface area contributed by atoms with Crippen LogP contribution in [-0.4, -0.2) is 72.1 Å². The molecule has 0 bridgehead atoms. The molecule has 35 heavy (non-hydrogen) atoms. The molecule has 5 rings (SSSR count). The number of amides is 1. The molecule has 0 radical (unpaired) electrons. The standard InChI is InChI=1S/C26H35N5O4/c1-7-24-9-8-11-31-12-10-25(19(24)31)18-16(23(2,3)4)13-15(35-6)14-17(18)30(5)20(25)26(34,21(24)32)22(33)28-29-27/h8-9,13-14,19-21,32,34H,7,10-12H2,1-6H3/t19?,20?,21-,24-,25?,26+/m1/s1. The number of ether oxygens (including phenoxy) is 1. The van der Waals surface area contributed by atoms with Gasteiger partial charge in [-0.25, -0.2) is 0 Å². The number of aliphatic hydroxyl groups is 2. The Morgan fingerprint density at radius 1 is 1.34 bits per heavy atom. The van der Waals surface area contributed by atoms with E-state index in [1.54, 1.807) is 7.11 Å². The highest BCUT2D eigenvalue weighted by molar-refractivity contribution is 5.91. The zero-order chi connectivity index (χ0) is 25.6. The first-order chi connectivity index (χ1) is 16.4. The average Bonchev–Trinajstić information content (AvgIpc) is 3.33. The van der Waals surface area contributed by atoms with E-state index in [-0.39, 0.29) is 11.5 Å². The van der Waals surface area contributed by atoms with Gasteiger partial charge in [-0.1, -0.05) is 39.8 Å². The molecule has 1 amide bonds. The zero-order valence-electron chi connectivity index (χ0n) is 21.3. The number of carbonyl (C=O) groups is 1. The molecule has 1 saturated carbocycles. The van der Waals surface area contributed by atoms with Gasteiger partial charge in [0.25, 0.3) is 5.91 Å². The fraction of sp³-hybridized carbons (Fsp3) is 0.654. The summed E-state index contributed by atoms with van der Waals surface area (Å²) in [7, 11) is 3.48. The molecule has 9 nitrogen and oxygen atoms in total. The smallest absolute Gasteiger partial charge is 0.255 e. The molecule has 1 aromatic carbocycles. The first-order valence-corrected chi connectivity index (χ1v) is 12.3. The van der Waals surface area contributed by atoms with E-state index in [9.17, 15) is 15.0 Å². The molecule has 0 aromatic heterocycles. The fourth-order valence-corrected chi connectivity index (χ4v) is 8.03. The summed E-state index contributed by atoms with van der Waals surface area (Å²) in [5, 5.41) is 27.6. The summed E-state index contributed by atoms with van der Waals surface area (Å²) in [4.78, 5) is 20.5. The van der Waals surface area contributed by atoms with Crippen LogP contribution in [0.15, 0.2) is 29.4 Å². The molecule has 1 aromatic rings. The molecule has 1 aliphatic carbocycles. The number of likely N-dealkylation sites (N-methyl/N-ethyl adjacent to an activating group) is 1. The van der Waals surface area contributed by atoms with Crippen LogP contribution in [0, 0.1) is 5.41 Å². The Bertz CT molecular complexity index is 1170. The van der Waals surface area contributed by atoms with Crippen LogP contribution >= 0.6 is 0 Å². The molecule has 9 heteroatoms. The first kappa shape index (κ1) is 24.1. The number of methoxy groups -OCH3 is 1. The minimum absolute atomic E-state index is 0.137. The number of nitrogens with zero attached hydrogens (tertiary/aromatic N) is 5. The van der Waals surface area contributed by atoms with Gasteiger partial charge in [-0.3, -0.25) is 9.69 Å². The van der Waals surface area contributed by atoms with Crippen LogP contribution in [0.3, 0.4) is 0 Å². The average molecular weight is 482 g/mol. The Balaban J connectivity index is 1.93. The van der Waals surface area contributed by atoms with E-state index in [1.807, 2.05) is 37.1 Å². The van der Waals surface area contributed by atoms with Gasteiger partial charge in [0.05, 0.1) is 13.2 Å². The summed E-state index contributed by atoms with van der Waals surface area (Å²) in [6, 6.07) is 3.07. The quantitative estimate of drug-likeness (QED) is 0.296. The van der Waals surface area contributed by atoms with Crippen molar-refractivity contribution >= 4 is 11.6 Å². The predicted molar refractivity (Wildman–Crippen MR) is 133 cm³/mol. The second kappa shape index (κ2) is 7.46. The predicted octanol–water partition coefficient (Wildman–Crippen LogP) is 3.03. The largest absolute Gasteiger partial charge is 0.497 e. The molecule has 4 aliphatic rings. The van der Waals surface area contributed by atoms with Gasteiger partial charge in [-0.2, -0.15) is 0 Å². The minimum atomic E-state index is -2.30. The lowest BCUT2D eigenvalue weighted by Crippen LogP contribution is -2.80. The summed E-state index contributed by atoms with van der Waals surface area (Å²) in [6.45, 7) is 9.97. The normalized spacial score (nSPS) is 37.4. The van der Waals surface area contributed by atoms with Gasteiger partial charge in [-0.15, -0.1) is 0 Å². The van der Waals surface area contributed by atoms with Gasteiger partial charge < -0.3 is 19.8 Å². The van der Waals surface area contributed by atoms with E-state index in [0.29, 0.717) is 18.6 Å². The molecule has 3 unspecified atom stereocenters. The lowest BCUT2D eigenvalue weighted by Gasteiger charge is -2.63. The number of fused-ring (bicyclic) bond motifs is 1. The summed E-state index contributed by atoms with van der Waals surface area (Å²) in [5.41, 5.74) is 8.10. The summed E-state index contributed by atoms with van der Waals surface area (Å²) in [6.07, 6.45) is 3.80. The third-order valence-electron chi connectivity index (χ3n) is 9.23. The Morgan fingerprint density at radius 3 is 2.66 bits per heavy atom. The van der Waals surface area contributed by atoms with Crippen LogP contribution in [0.2, 0.25) is 0 Å². The Kier molecular flexibility index (Phi) is 5.14. The Labute approximate surface area is 206 Å². The molecular weight excluding hydrogens is 446 g/mol. The molecule has 3 heterocycles. The van der Waals surface area contributed by atoms with E-state index in [0.717, 1.165) is 29.9 Å².